The minimum Gasteiger partial charge on any atom is -0.422 e. The first-order chi connectivity index (χ1) is 15.9. The maximum Gasteiger partial charge on any atom is 0.415 e. The largest absolute Gasteiger partial charge is 0.422 e. The summed E-state index contributed by atoms with van der Waals surface area (Å²) in [5.74, 6) is -0.399. The van der Waals surface area contributed by atoms with E-state index in [0.29, 0.717) is 49.2 Å². The number of nitrogens with zero attached hydrogens (tertiary/aromatic N) is 1. The van der Waals surface area contributed by atoms with Gasteiger partial charge < -0.3 is 18.8 Å². The zero-order chi connectivity index (χ0) is 23.5. The summed E-state index contributed by atoms with van der Waals surface area (Å²) < 4.78 is 30.6. The van der Waals surface area contributed by atoms with Crippen molar-refractivity contribution in [3.05, 3.63) is 73.3 Å². The summed E-state index contributed by atoms with van der Waals surface area (Å²) in [4.78, 5) is 26.9. The number of morpholine rings is 1. The molecule has 1 saturated heterocycles. The summed E-state index contributed by atoms with van der Waals surface area (Å²) in [7, 11) is 0. The van der Waals surface area contributed by atoms with Gasteiger partial charge in [0.15, 0.2) is 5.75 Å². The maximum absolute atomic E-state index is 14.4. The van der Waals surface area contributed by atoms with Crippen LogP contribution in [0.2, 0.25) is 10.0 Å². The van der Waals surface area contributed by atoms with Crippen molar-refractivity contribution in [1.29, 1.82) is 0 Å². The molecule has 1 aromatic heterocycles. The van der Waals surface area contributed by atoms with Crippen LogP contribution in [0.5, 0.6) is 5.75 Å². The van der Waals surface area contributed by atoms with E-state index in [0.717, 1.165) is 6.42 Å². The van der Waals surface area contributed by atoms with E-state index in [9.17, 15) is 14.0 Å². The van der Waals surface area contributed by atoms with Gasteiger partial charge in [0.2, 0.25) is 0 Å². The van der Waals surface area contributed by atoms with E-state index >= 15 is 0 Å². The Morgan fingerprint density at radius 3 is 2.58 bits per heavy atom. The molecule has 6 nitrogen and oxygen atoms in total. The molecule has 0 atom stereocenters. The van der Waals surface area contributed by atoms with Crippen molar-refractivity contribution >= 4 is 40.3 Å². The molecular weight excluding hydrogens is 472 g/mol. The molecule has 1 amide bonds. The monoisotopic (exact) mass is 493 g/mol. The molecule has 2 heterocycles. The van der Waals surface area contributed by atoms with E-state index in [1.54, 1.807) is 12.1 Å². The quantitative estimate of drug-likeness (QED) is 0.431. The van der Waals surface area contributed by atoms with Crippen LogP contribution < -0.4 is 10.4 Å². The molecule has 1 aliphatic rings. The van der Waals surface area contributed by atoms with Crippen molar-refractivity contribution in [3.63, 3.8) is 0 Å². The number of hydrogen-bond acceptors (Lipinski definition) is 5. The molecule has 9 heteroatoms. The molecule has 0 bridgehead atoms. The Morgan fingerprint density at radius 1 is 1.12 bits per heavy atom. The van der Waals surface area contributed by atoms with Crippen molar-refractivity contribution in [2.45, 2.75) is 26.2 Å². The zero-order valence-electron chi connectivity index (χ0n) is 18.0. The molecule has 174 valence electrons. The molecule has 0 radical (unpaired) electrons. The lowest BCUT2D eigenvalue weighted by atomic mass is 9.95. The Hall–Kier alpha value is -2.61. The van der Waals surface area contributed by atoms with Gasteiger partial charge in [0, 0.05) is 47.1 Å². The van der Waals surface area contributed by atoms with Crippen LogP contribution in [0.3, 0.4) is 0 Å². The first-order valence-corrected chi connectivity index (χ1v) is 11.4. The third-order valence-corrected chi connectivity index (χ3v) is 6.20. The van der Waals surface area contributed by atoms with Gasteiger partial charge in [-0.3, -0.25) is 0 Å². The Bertz CT molecular complexity index is 1230. The van der Waals surface area contributed by atoms with Crippen LogP contribution in [-0.2, 0) is 17.6 Å². The average Bonchev–Trinajstić information content (AvgIpc) is 2.80. The van der Waals surface area contributed by atoms with Crippen LogP contribution in [0, 0.1) is 5.82 Å². The third-order valence-electron chi connectivity index (χ3n) is 5.55. The van der Waals surface area contributed by atoms with Crippen LogP contribution in [-0.4, -0.2) is 37.3 Å². The van der Waals surface area contributed by atoms with Crippen molar-refractivity contribution in [3.8, 4) is 5.75 Å². The molecule has 2 aromatic carbocycles. The maximum atomic E-state index is 14.4. The second-order valence-corrected chi connectivity index (χ2v) is 8.53. The van der Waals surface area contributed by atoms with Crippen molar-refractivity contribution in [1.82, 2.24) is 4.90 Å². The van der Waals surface area contributed by atoms with E-state index < -0.39 is 17.5 Å². The van der Waals surface area contributed by atoms with E-state index in [2.05, 4.69) is 0 Å². The first-order valence-electron chi connectivity index (χ1n) is 10.6. The van der Waals surface area contributed by atoms with Crippen molar-refractivity contribution in [2.24, 2.45) is 0 Å². The molecule has 0 unspecified atom stereocenters. The number of ether oxygens (including phenoxy) is 2. The number of carbonyl (C=O) groups is 1. The molecule has 3 aromatic rings. The van der Waals surface area contributed by atoms with Gasteiger partial charge in [-0.15, -0.1) is 0 Å². The fraction of sp³-hybridized carbons (Fsp3) is 0.333. The standard InChI is InChI=1S/C24H22Cl2FNO5/c1-2-4-14-15-12-19(26)22(33-24(30)28-7-9-31-10-8-28)13-21(15)32-23(29)16(14)11-17-18(25)5-3-6-20(17)27/h3,5-6,12-13H,2,4,7-11H2,1H3. The van der Waals surface area contributed by atoms with Gasteiger partial charge in [-0.05, 0) is 30.2 Å². The molecule has 1 fully saturated rings. The number of hydrogen-bond donors (Lipinski definition) is 0. The van der Waals surface area contributed by atoms with E-state index in [1.807, 2.05) is 6.92 Å². The SMILES string of the molecule is CCCc1c(Cc2c(F)cccc2Cl)c(=O)oc2cc(OC(=O)N3CCOCC3)c(Cl)cc12. The summed E-state index contributed by atoms with van der Waals surface area (Å²) in [5, 5.41) is 1.04. The number of fused-ring (bicyclic) bond motifs is 1. The summed E-state index contributed by atoms with van der Waals surface area (Å²) in [5.41, 5.74) is 0.894. The summed E-state index contributed by atoms with van der Waals surface area (Å²) in [6.07, 6.45) is 0.723. The lowest BCUT2D eigenvalue weighted by Crippen LogP contribution is -2.42. The smallest absolute Gasteiger partial charge is 0.415 e. The van der Waals surface area contributed by atoms with Gasteiger partial charge in [0.25, 0.3) is 0 Å². The van der Waals surface area contributed by atoms with E-state index in [-0.39, 0.29) is 33.4 Å². The molecular formula is C24H22Cl2FNO5. The second kappa shape index (κ2) is 10.1. The highest BCUT2D eigenvalue weighted by Gasteiger charge is 2.23. The molecule has 0 spiro atoms. The number of rotatable bonds is 5. The Labute approximate surface area is 199 Å². The zero-order valence-corrected chi connectivity index (χ0v) is 19.5. The van der Waals surface area contributed by atoms with Gasteiger partial charge in [0.1, 0.15) is 11.4 Å². The van der Waals surface area contributed by atoms with Gasteiger partial charge in [-0.2, -0.15) is 0 Å². The van der Waals surface area contributed by atoms with Gasteiger partial charge in [-0.1, -0.05) is 42.6 Å². The fourth-order valence-electron chi connectivity index (χ4n) is 3.88. The van der Waals surface area contributed by atoms with Crippen LogP contribution in [0.4, 0.5) is 9.18 Å². The molecule has 4 rings (SSSR count). The Kier molecular flexibility index (Phi) is 7.22. The van der Waals surface area contributed by atoms with Crippen molar-refractivity contribution < 1.29 is 23.1 Å². The third kappa shape index (κ3) is 5.00. The highest BCUT2D eigenvalue weighted by atomic mass is 35.5. The Morgan fingerprint density at radius 2 is 1.88 bits per heavy atom. The minimum atomic E-state index is -0.599. The molecule has 0 saturated carbocycles. The molecule has 1 aliphatic heterocycles. The molecule has 0 aliphatic carbocycles. The normalized spacial score (nSPS) is 14.0. The van der Waals surface area contributed by atoms with Crippen LogP contribution >= 0.6 is 23.2 Å². The molecule has 33 heavy (non-hydrogen) atoms. The summed E-state index contributed by atoms with van der Waals surface area (Å²) in [6.45, 7) is 3.68. The second-order valence-electron chi connectivity index (χ2n) is 7.72. The minimum absolute atomic E-state index is 0.00942. The average molecular weight is 494 g/mol. The predicted molar refractivity (Wildman–Crippen MR) is 124 cm³/mol. The fourth-order valence-corrected chi connectivity index (χ4v) is 4.31. The van der Waals surface area contributed by atoms with Crippen LogP contribution in [0.15, 0.2) is 39.5 Å². The topological polar surface area (TPSA) is 69.0 Å². The van der Waals surface area contributed by atoms with Gasteiger partial charge in [0.05, 0.1) is 18.2 Å². The number of aryl methyl sites for hydroxylation is 1. The number of carbonyl (C=O) groups excluding carboxylic acids is 1. The van der Waals surface area contributed by atoms with Crippen molar-refractivity contribution in [2.75, 3.05) is 26.3 Å². The lowest BCUT2D eigenvalue weighted by Gasteiger charge is -2.26. The van der Waals surface area contributed by atoms with E-state index in [1.165, 1.54) is 23.1 Å². The number of amides is 1. The highest BCUT2D eigenvalue weighted by Crippen LogP contribution is 2.34. The molecule has 0 N–H and O–H groups in total. The highest BCUT2D eigenvalue weighted by molar-refractivity contribution is 6.33. The first kappa shape index (κ1) is 23.5. The summed E-state index contributed by atoms with van der Waals surface area (Å²) in [6, 6.07) is 7.44. The lowest BCUT2D eigenvalue weighted by molar-refractivity contribution is 0.0416. The van der Waals surface area contributed by atoms with Gasteiger partial charge >= 0.3 is 11.7 Å². The number of halogens is 3. The Balaban J connectivity index is 1.75. The van der Waals surface area contributed by atoms with Crippen LogP contribution in [0.25, 0.3) is 11.0 Å². The predicted octanol–water partition coefficient (Wildman–Crippen LogP) is 5.61. The van der Waals surface area contributed by atoms with Crippen LogP contribution in [0.1, 0.15) is 30.0 Å². The van der Waals surface area contributed by atoms with E-state index in [4.69, 9.17) is 37.1 Å². The number of benzene rings is 2. The summed E-state index contributed by atoms with van der Waals surface area (Å²) >= 11 is 12.6. The van der Waals surface area contributed by atoms with Gasteiger partial charge in [-0.25, -0.2) is 14.0 Å².